The molecule has 1 amide bonds. The number of aryl methyl sites for hydroxylation is 1. The summed E-state index contributed by atoms with van der Waals surface area (Å²) in [6.45, 7) is 9.16. The molecule has 2 N–H and O–H groups in total. The quantitative estimate of drug-likeness (QED) is 0.647. The van der Waals surface area contributed by atoms with Crippen molar-refractivity contribution in [2.24, 2.45) is 5.41 Å². The molecular weight excluding hydrogens is 442 g/mol. The van der Waals surface area contributed by atoms with Gasteiger partial charge >= 0.3 is 6.09 Å². The van der Waals surface area contributed by atoms with Crippen LogP contribution in [0.2, 0.25) is 5.02 Å². The summed E-state index contributed by atoms with van der Waals surface area (Å²) in [5.74, 6) is 1.85. The molecule has 2 aliphatic rings. The van der Waals surface area contributed by atoms with E-state index in [1.165, 1.54) is 0 Å². The van der Waals surface area contributed by atoms with Crippen LogP contribution >= 0.6 is 11.6 Å². The molecule has 1 atom stereocenters. The standard InChI is InChI=1S/C23H34ClN7O2/c1-15-12-18(29-28-15)26-19-17(24)14-25-20(27-19)30(5)16-6-7-23(13-16)8-10-31(11-9-23)21(32)33-22(2,3)4/h12,14,16H,6-11,13H2,1-5H3,(H2,25,26,27,28,29). The van der Waals surface area contributed by atoms with E-state index in [2.05, 4.69) is 30.4 Å². The summed E-state index contributed by atoms with van der Waals surface area (Å²) in [6, 6.07) is 2.24. The molecule has 1 aliphatic carbocycles. The maximum absolute atomic E-state index is 12.4. The molecule has 0 aromatic carbocycles. The predicted molar refractivity (Wildman–Crippen MR) is 129 cm³/mol. The van der Waals surface area contributed by atoms with Crippen molar-refractivity contribution in [2.75, 3.05) is 30.4 Å². The second-order valence-corrected chi connectivity index (χ2v) is 10.8. The van der Waals surface area contributed by atoms with Gasteiger partial charge in [-0.15, -0.1) is 0 Å². The van der Waals surface area contributed by atoms with Crippen molar-refractivity contribution in [2.45, 2.75) is 71.4 Å². The zero-order valence-corrected chi connectivity index (χ0v) is 20.9. The monoisotopic (exact) mass is 475 g/mol. The molecule has 2 aromatic rings. The number of aromatic amines is 1. The SMILES string of the molecule is Cc1cc(Nc2nc(N(C)C3CCC4(CCN(C(=O)OC(C)(C)C)CC4)C3)ncc2Cl)n[nH]1. The molecule has 4 rings (SSSR count). The third kappa shape index (κ3) is 5.51. The minimum Gasteiger partial charge on any atom is -0.444 e. The topological polar surface area (TPSA) is 99.3 Å². The second-order valence-electron chi connectivity index (χ2n) is 10.4. The first kappa shape index (κ1) is 23.6. The fraction of sp³-hybridized carbons (Fsp3) is 0.652. The van der Waals surface area contributed by atoms with Crippen LogP contribution in [0.5, 0.6) is 0 Å². The molecule has 1 aliphatic heterocycles. The normalized spacial score (nSPS) is 20.2. The predicted octanol–water partition coefficient (Wildman–Crippen LogP) is 4.91. The summed E-state index contributed by atoms with van der Waals surface area (Å²) in [4.78, 5) is 25.6. The lowest BCUT2D eigenvalue weighted by molar-refractivity contribution is 0.0105. The molecule has 2 aromatic heterocycles. The van der Waals surface area contributed by atoms with Gasteiger partial charge < -0.3 is 19.9 Å². The number of hydrogen-bond acceptors (Lipinski definition) is 7. The van der Waals surface area contributed by atoms with Gasteiger partial charge in [-0.3, -0.25) is 5.10 Å². The highest BCUT2D eigenvalue weighted by molar-refractivity contribution is 6.32. The van der Waals surface area contributed by atoms with Gasteiger partial charge in [-0.2, -0.15) is 10.1 Å². The first-order chi connectivity index (χ1) is 15.5. The van der Waals surface area contributed by atoms with E-state index in [0.29, 0.717) is 28.6 Å². The van der Waals surface area contributed by atoms with Gasteiger partial charge in [0.15, 0.2) is 11.6 Å². The summed E-state index contributed by atoms with van der Waals surface area (Å²) in [5.41, 5.74) is 0.752. The average molecular weight is 476 g/mol. The van der Waals surface area contributed by atoms with E-state index >= 15 is 0 Å². The highest BCUT2D eigenvalue weighted by atomic mass is 35.5. The summed E-state index contributed by atoms with van der Waals surface area (Å²) in [5, 5.41) is 10.7. The molecule has 3 heterocycles. The fourth-order valence-electron chi connectivity index (χ4n) is 4.83. The zero-order valence-electron chi connectivity index (χ0n) is 20.1. The van der Waals surface area contributed by atoms with Gasteiger partial charge in [-0.1, -0.05) is 11.6 Å². The Morgan fingerprint density at radius 1 is 1.33 bits per heavy atom. The second kappa shape index (κ2) is 9.00. The number of nitrogens with one attached hydrogen (secondary N) is 2. The van der Waals surface area contributed by atoms with Crippen LogP contribution in [-0.4, -0.2) is 62.9 Å². The number of carbonyl (C=O) groups is 1. The molecule has 2 fully saturated rings. The largest absolute Gasteiger partial charge is 0.444 e. The zero-order chi connectivity index (χ0) is 23.8. The van der Waals surface area contributed by atoms with Crippen molar-refractivity contribution < 1.29 is 9.53 Å². The number of aromatic nitrogens is 4. The van der Waals surface area contributed by atoms with E-state index in [-0.39, 0.29) is 11.5 Å². The van der Waals surface area contributed by atoms with E-state index in [0.717, 1.165) is 50.9 Å². The molecule has 180 valence electrons. The Balaban J connectivity index is 1.37. The van der Waals surface area contributed by atoms with Crippen LogP contribution in [0.3, 0.4) is 0 Å². The Morgan fingerprint density at radius 3 is 2.70 bits per heavy atom. The molecule has 1 saturated heterocycles. The number of halogens is 1. The number of amides is 1. The maximum Gasteiger partial charge on any atom is 0.410 e. The van der Waals surface area contributed by atoms with E-state index in [1.54, 1.807) is 6.20 Å². The Labute approximate surface area is 200 Å². The minimum absolute atomic E-state index is 0.203. The molecule has 10 heteroatoms. The molecule has 1 saturated carbocycles. The molecule has 1 unspecified atom stereocenters. The Morgan fingerprint density at radius 2 is 2.06 bits per heavy atom. The Kier molecular flexibility index (Phi) is 6.44. The van der Waals surface area contributed by atoms with Crippen LogP contribution in [0.1, 0.15) is 58.6 Å². The lowest BCUT2D eigenvalue weighted by Crippen LogP contribution is -2.45. The summed E-state index contributed by atoms with van der Waals surface area (Å²) in [7, 11) is 2.05. The lowest BCUT2D eigenvalue weighted by Gasteiger charge is -2.40. The maximum atomic E-state index is 12.4. The molecule has 0 radical (unpaired) electrons. The average Bonchev–Trinajstić information content (AvgIpc) is 3.35. The Bertz CT molecular complexity index is 995. The van der Waals surface area contributed by atoms with Gasteiger partial charge in [0.2, 0.25) is 5.95 Å². The van der Waals surface area contributed by atoms with E-state index in [9.17, 15) is 4.79 Å². The minimum atomic E-state index is -0.463. The molecule has 1 spiro atoms. The summed E-state index contributed by atoms with van der Waals surface area (Å²) < 4.78 is 5.55. The number of H-pyrrole nitrogens is 1. The van der Waals surface area contributed by atoms with Crippen molar-refractivity contribution in [1.82, 2.24) is 25.1 Å². The van der Waals surface area contributed by atoms with Crippen molar-refractivity contribution in [3.8, 4) is 0 Å². The number of carbonyl (C=O) groups excluding carboxylic acids is 1. The molecule has 33 heavy (non-hydrogen) atoms. The van der Waals surface area contributed by atoms with Crippen LogP contribution in [0.15, 0.2) is 12.3 Å². The van der Waals surface area contributed by atoms with E-state index < -0.39 is 5.60 Å². The van der Waals surface area contributed by atoms with Gasteiger partial charge in [0.1, 0.15) is 10.6 Å². The number of rotatable bonds is 4. The molecule has 9 nitrogen and oxygen atoms in total. The molecular formula is C23H34ClN7O2. The van der Waals surface area contributed by atoms with Crippen LogP contribution in [0.4, 0.5) is 22.4 Å². The van der Waals surface area contributed by atoms with E-state index in [4.69, 9.17) is 16.3 Å². The number of nitrogens with zero attached hydrogens (tertiary/aromatic N) is 5. The lowest BCUT2D eigenvalue weighted by atomic mass is 9.77. The van der Waals surface area contributed by atoms with Crippen LogP contribution < -0.4 is 10.2 Å². The van der Waals surface area contributed by atoms with Gasteiger partial charge in [-0.25, -0.2) is 9.78 Å². The van der Waals surface area contributed by atoms with Crippen LogP contribution in [0, 0.1) is 12.3 Å². The van der Waals surface area contributed by atoms with Crippen molar-refractivity contribution in [3.05, 3.63) is 23.0 Å². The van der Waals surface area contributed by atoms with E-state index in [1.807, 2.05) is 45.7 Å². The van der Waals surface area contributed by atoms with Crippen molar-refractivity contribution in [3.63, 3.8) is 0 Å². The fourth-order valence-corrected chi connectivity index (χ4v) is 4.97. The third-order valence-electron chi connectivity index (χ3n) is 6.70. The van der Waals surface area contributed by atoms with Crippen molar-refractivity contribution in [1.29, 1.82) is 0 Å². The van der Waals surface area contributed by atoms with Gasteiger partial charge in [0.25, 0.3) is 0 Å². The number of anilines is 3. The molecule has 0 bridgehead atoms. The highest BCUT2D eigenvalue weighted by Gasteiger charge is 2.44. The first-order valence-electron chi connectivity index (χ1n) is 11.6. The van der Waals surface area contributed by atoms with Gasteiger partial charge in [0.05, 0.1) is 6.20 Å². The smallest absolute Gasteiger partial charge is 0.410 e. The number of ether oxygens (including phenoxy) is 1. The van der Waals surface area contributed by atoms with Crippen molar-refractivity contribution >= 4 is 35.3 Å². The number of hydrogen-bond donors (Lipinski definition) is 2. The van der Waals surface area contributed by atoms with Gasteiger partial charge in [-0.05, 0) is 65.2 Å². The number of likely N-dealkylation sites (tertiary alicyclic amines) is 1. The first-order valence-corrected chi connectivity index (χ1v) is 11.9. The highest BCUT2D eigenvalue weighted by Crippen LogP contribution is 2.48. The van der Waals surface area contributed by atoms with Gasteiger partial charge in [0, 0.05) is 37.9 Å². The number of piperidine rings is 1. The van der Waals surface area contributed by atoms with Crippen LogP contribution in [0.25, 0.3) is 0 Å². The Hall–Kier alpha value is -2.55. The third-order valence-corrected chi connectivity index (χ3v) is 6.98. The summed E-state index contributed by atoms with van der Waals surface area (Å²) in [6.07, 6.45) is 6.73. The van der Waals surface area contributed by atoms with Crippen LogP contribution in [-0.2, 0) is 4.74 Å². The summed E-state index contributed by atoms with van der Waals surface area (Å²) >= 11 is 6.33.